The van der Waals surface area contributed by atoms with Crippen LogP contribution < -0.4 is 10.5 Å². The molecule has 1 aromatic carbocycles. The van der Waals surface area contributed by atoms with Gasteiger partial charge < -0.3 is 15.6 Å². The molecule has 18 heavy (non-hydrogen) atoms. The predicted molar refractivity (Wildman–Crippen MR) is 74.8 cm³/mol. The van der Waals surface area contributed by atoms with E-state index < -0.39 is 0 Å². The molecule has 102 valence electrons. The summed E-state index contributed by atoms with van der Waals surface area (Å²) >= 11 is 0. The molecule has 0 saturated heterocycles. The van der Waals surface area contributed by atoms with E-state index in [0.717, 1.165) is 18.8 Å². The zero-order chi connectivity index (χ0) is 13.5. The minimum atomic E-state index is 0.140. The summed E-state index contributed by atoms with van der Waals surface area (Å²) in [7, 11) is 0. The van der Waals surface area contributed by atoms with Gasteiger partial charge in [0.15, 0.2) is 0 Å². The Morgan fingerprint density at radius 2 is 2.06 bits per heavy atom. The van der Waals surface area contributed by atoms with Crippen LogP contribution in [0.1, 0.15) is 25.0 Å². The molecule has 0 bridgehead atoms. The van der Waals surface area contributed by atoms with Gasteiger partial charge in [0.25, 0.3) is 0 Å². The number of hydrogen-bond acceptors (Lipinski definition) is 3. The van der Waals surface area contributed by atoms with Crippen LogP contribution in [0.15, 0.2) is 18.2 Å². The lowest BCUT2D eigenvalue weighted by Crippen LogP contribution is -2.20. The van der Waals surface area contributed by atoms with E-state index in [2.05, 4.69) is 32.9 Å². The summed E-state index contributed by atoms with van der Waals surface area (Å²) in [5.41, 5.74) is 8.04. The topological polar surface area (TPSA) is 55.5 Å². The van der Waals surface area contributed by atoms with E-state index in [4.69, 9.17) is 10.5 Å². The van der Waals surface area contributed by atoms with Crippen LogP contribution in [0.3, 0.4) is 0 Å². The van der Waals surface area contributed by atoms with Gasteiger partial charge in [-0.15, -0.1) is 0 Å². The largest absolute Gasteiger partial charge is 0.493 e. The molecular formula is C15H25NO2. The summed E-state index contributed by atoms with van der Waals surface area (Å²) in [6, 6.07) is 6.13. The summed E-state index contributed by atoms with van der Waals surface area (Å²) in [4.78, 5) is 0. The Balaban J connectivity index is 2.67. The second-order valence-corrected chi connectivity index (χ2v) is 5.28. The smallest absolute Gasteiger partial charge is 0.119 e. The number of ether oxygens (including phenoxy) is 1. The van der Waals surface area contributed by atoms with E-state index >= 15 is 0 Å². The zero-order valence-corrected chi connectivity index (χ0v) is 11.6. The second kappa shape index (κ2) is 7.39. The van der Waals surface area contributed by atoms with Crippen molar-refractivity contribution in [1.82, 2.24) is 0 Å². The number of hydrogen-bond donors (Lipinski definition) is 2. The third kappa shape index (κ3) is 4.67. The molecule has 0 saturated carbocycles. The lowest BCUT2D eigenvalue weighted by Gasteiger charge is -2.15. The van der Waals surface area contributed by atoms with Gasteiger partial charge in [0, 0.05) is 6.61 Å². The van der Waals surface area contributed by atoms with Crippen LogP contribution in [-0.4, -0.2) is 24.9 Å². The molecule has 3 heteroatoms. The summed E-state index contributed by atoms with van der Waals surface area (Å²) in [6.07, 6.45) is 0.823. The maximum atomic E-state index is 9.17. The first-order valence-electron chi connectivity index (χ1n) is 6.60. The van der Waals surface area contributed by atoms with E-state index in [1.54, 1.807) is 0 Å². The van der Waals surface area contributed by atoms with Gasteiger partial charge in [-0.25, -0.2) is 0 Å². The van der Waals surface area contributed by atoms with Crippen molar-refractivity contribution < 1.29 is 9.84 Å². The van der Waals surface area contributed by atoms with Gasteiger partial charge in [0.2, 0.25) is 0 Å². The first-order valence-corrected chi connectivity index (χ1v) is 6.60. The number of benzene rings is 1. The Morgan fingerprint density at radius 1 is 1.33 bits per heavy atom. The Morgan fingerprint density at radius 3 is 2.56 bits per heavy atom. The summed E-state index contributed by atoms with van der Waals surface area (Å²) in [5, 5.41) is 9.17. The Hall–Kier alpha value is -1.06. The molecule has 3 nitrogen and oxygen atoms in total. The lowest BCUT2D eigenvalue weighted by molar-refractivity contribution is 0.229. The molecule has 1 unspecified atom stereocenters. The standard InChI is InChI=1S/C15H25NO2/c1-11(2)10-18-15-5-4-14(12(3)6-15)7-13(8-16)9-17/h4-6,11,13,17H,7-10,16H2,1-3H3. The quantitative estimate of drug-likeness (QED) is 0.780. The molecule has 1 rings (SSSR count). The van der Waals surface area contributed by atoms with Crippen molar-refractivity contribution in [2.75, 3.05) is 19.8 Å². The summed E-state index contributed by atoms with van der Waals surface area (Å²) in [5.74, 6) is 1.59. The number of aryl methyl sites for hydroxylation is 1. The van der Waals surface area contributed by atoms with Gasteiger partial charge in [-0.05, 0) is 55.0 Å². The van der Waals surface area contributed by atoms with Crippen molar-refractivity contribution in [2.45, 2.75) is 27.2 Å². The highest BCUT2D eigenvalue weighted by molar-refractivity contribution is 5.35. The molecular weight excluding hydrogens is 226 g/mol. The maximum Gasteiger partial charge on any atom is 0.119 e. The fourth-order valence-electron chi connectivity index (χ4n) is 1.78. The minimum Gasteiger partial charge on any atom is -0.493 e. The summed E-state index contributed by atoms with van der Waals surface area (Å²) in [6.45, 7) is 7.73. The highest BCUT2D eigenvalue weighted by Gasteiger charge is 2.09. The van der Waals surface area contributed by atoms with Crippen molar-refractivity contribution in [1.29, 1.82) is 0 Å². The van der Waals surface area contributed by atoms with Crippen molar-refractivity contribution in [3.05, 3.63) is 29.3 Å². The highest BCUT2D eigenvalue weighted by atomic mass is 16.5. The number of nitrogens with two attached hydrogens (primary N) is 1. The highest BCUT2D eigenvalue weighted by Crippen LogP contribution is 2.20. The normalized spacial score (nSPS) is 12.8. The molecule has 0 aromatic heterocycles. The molecule has 1 aromatic rings. The molecule has 0 amide bonds. The average Bonchev–Trinajstić information content (AvgIpc) is 2.35. The predicted octanol–water partition coefficient (Wildman–Crippen LogP) is 2.14. The van der Waals surface area contributed by atoms with Crippen LogP contribution in [0.4, 0.5) is 0 Å². The van der Waals surface area contributed by atoms with E-state index in [-0.39, 0.29) is 12.5 Å². The fraction of sp³-hybridized carbons (Fsp3) is 0.600. The van der Waals surface area contributed by atoms with E-state index in [0.29, 0.717) is 12.5 Å². The van der Waals surface area contributed by atoms with Crippen molar-refractivity contribution in [3.63, 3.8) is 0 Å². The molecule has 3 N–H and O–H groups in total. The molecule has 0 heterocycles. The van der Waals surface area contributed by atoms with Gasteiger partial charge in [-0.1, -0.05) is 19.9 Å². The first kappa shape index (κ1) is 15.0. The van der Waals surface area contributed by atoms with Crippen LogP contribution in [0.2, 0.25) is 0 Å². The van der Waals surface area contributed by atoms with Crippen LogP contribution in [0.5, 0.6) is 5.75 Å². The monoisotopic (exact) mass is 251 g/mol. The third-order valence-corrected chi connectivity index (χ3v) is 3.00. The van der Waals surface area contributed by atoms with E-state index in [1.807, 2.05) is 6.07 Å². The third-order valence-electron chi connectivity index (χ3n) is 3.00. The molecule has 0 spiro atoms. The molecule has 0 radical (unpaired) electrons. The fourth-order valence-corrected chi connectivity index (χ4v) is 1.78. The SMILES string of the molecule is Cc1cc(OCC(C)C)ccc1CC(CN)CO. The number of rotatable bonds is 7. The van der Waals surface area contributed by atoms with E-state index in [1.165, 1.54) is 11.1 Å². The van der Waals surface area contributed by atoms with Gasteiger partial charge in [-0.2, -0.15) is 0 Å². The zero-order valence-electron chi connectivity index (χ0n) is 11.6. The average molecular weight is 251 g/mol. The first-order chi connectivity index (χ1) is 8.56. The summed E-state index contributed by atoms with van der Waals surface area (Å²) < 4.78 is 5.69. The van der Waals surface area contributed by atoms with Crippen molar-refractivity contribution >= 4 is 0 Å². The van der Waals surface area contributed by atoms with Crippen LogP contribution >= 0.6 is 0 Å². The Kier molecular flexibility index (Phi) is 6.16. The Labute approximate surface area is 110 Å². The van der Waals surface area contributed by atoms with Gasteiger partial charge >= 0.3 is 0 Å². The molecule has 0 aliphatic carbocycles. The molecule has 0 aliphatic rings. The maximum absolute atomic E-state index is 9.17. The van der Waals surface area contributed by atoms with Gasteiger partial charge in [0.1, 0.15) is 5.75 Å². The molecule has 0 aliphatic heterocycles. The van der Waals surface area contributed by atoms with E-state index in [9.17, 15) is 5.11 Å². The van der Waals surface area contributed by atoms with Crippen LogP contribution in [0, 0.1) is 18.8 Å². The van der Waals surface area contributed by atoms with Crippen molar-refractivity contribution in [2.24, 2.45) is 17.6 Å². The van der Waals surface area contributed by atoms with Crippen LogP contribution in [0.25, 0.3) is 0 Å². The number of aliphatic hydroxyl groups excluding tert-OH is 1. The van der Waals surface area contributed by atoms with Gasteiger partial charge in [-0.3, -0.25) is 0 Å². The Bertz CT molecular complexity index is 360. The van der Waals surface area contributed by atoms with Crippen molar-refractivity contribution in [3.8, 4) is 5.75 Å². The molecule has 1 atom stereocenters. The second-order valence-electron chi connectivity index (χ2n) is 5.28. The molecule has 0 fully saturated rings. The number of aliphatic hydroxyl groups is 1. The minimum absolute atomic E-state index is 0.140. The van der Waals surface area contributed by atoms with Gasteiger partial charge in [0.05, 0.1) is 6.61 Å². The van der Waals surface area contributed by atoms with Crippen LogP contribution in [-0.2, 0) is 6.42 Å². The lowest BCUT2D eigenvalue weighted by atomic mass is 9.96.